The van der Waals surface area contributed by atoms with Gasteiger partial charge < -0.3 is 15.0 Å². The Bertz CT molecular complexity index is 818. The summed E-state index contributed by atoms with van der Waals surface area (Å²) in [7, 11) is 0. The zero-order chi connectivity index (χ0) is 23.4. The molecule has 0 aromatic heterocycles. The molecule has 1 aromatic rings. The second-order valence-electron chi connectivity index (χ2n) is 10.6. The number of carbonyl (C=O) groups excluding carboxylic acids is 3. The highest BCUT2D eigenvalue weighted by molar-refractivity contribution is 6.04. The van der Waals surface area contributed by atoms with Gasteiger partial charge in [0.2, 0.25) is 0 Å². The number of amides is 1. The number of nitrogens with one attached hydrogen (secondary N) is 1. The van der Waals surface area contributed by atoms with Crippen molar-refractivity contribution in [3.63, 3.8) is 0 Å². The molecule has 0 saturated carbocycles. The number of ketones is 1. The molecular weight excluding hydrogens is 392 g/mol. The number of carbonyl (C=O) groups is 3. The molecule has 1 aromatic carbocycles. The van der Waals surface area contributed by atoms with E-state index in [4.69, 9.17) is 4.74 Å². The second kappa shape index (κ2) is 9.84. The van der Waals surface area contributed by atoms with E-state index in [1.807, 2.05) is 46.4 Å². The molecule has 1 amide bonds. The van der Waals surface area contributed by atoms with E-state index in [2.05, 4.69) is 5.32 Å². The molecule has 1 atom stereocenters. The Labute approximate surface area is 186 Å². The molecule has 6 heteroatoms. The van der Waals surface area contributed by atoms with Crippen LogP contribution in [0.5, 0.6) is 0 Å². The molecule has 31 heavy (non-hydrogen) atoms. The van der Waals surface area contributed by atoms with Gasteiger partial charge in [-0.3, -0.25) is 9.59 Å². The number of hydrogen-bond acceptors (Lipinski definition) is 5. The highest BCUT2D eigenvalue weighted by Crippen LogP contribution is 2.30. The van der Waals surface area contributed by atoms with Crippen molar-refractivity contribution in [2.45, 2.75) is 85.8 Å². The SMILES string of the molecule is CC(=O)c1cc(C(=O)NCC(C)(C)C)ccc1N1CCCCC[C@@H]1C(=O)OC(C)(C)C. The van der Waals surface area contributed by atoms with Gasteiger partial charge in [0.25, 0.3) is 5.91 Å². The van der Waals surface area contributed by atoms with Crippen molar-refractivity contribution in [2.75, 3.05) is 18.0 Å². The Morgan fingerprint density at radius 1 is 1.06 bits per heavy atom. The molecule has 1 fully saturated rings. The van der Waals surface area contributed by atoms with Gasteiger partial charge in [-0.2, -0.15) is 0 Å². The van der Waals surface area contributed by atoms with Crippen molar-refractivity contribution in [2.24, 2.45) is 5.41 Å². The van der Waals surface area contributed by atoms with Gasteiger partial charge >= 0.3 is 5.97 Å². The van der Waals surface area contributed by atoms with Gasteiger partial charge in [0.1, 0.15) is 11.6 Å². The lowest BCUT2D eigenvalue weighted by Gasteiger charge is -2.34. The molecule has 0 radical (unpaired) electrons. The summed E-state index contributed by atoms with van der Waals surface area (Å²) in [6, 6.07) is 4.73. The summed E-state index contributed by atoms with van der Waals surface area (Å²) in [4.78, 5) is 40.1. The van der Waals surface area contributed by atoms with Crippen molar-refractivity contribution >= 4 is 23.3 Å². The van der Waals surface area contributed by atoms with Gasteiger partial charge in [0.15, 0.2) is 5.78 Å². The van der Waals surface area contributed by atoms with Crippen molar-refractivity contribution in [1.29, 1.82) is 0 Å². The molecule has 0 aliphatic carbocycles. The first kappa shape index (κ1) is 24.9. The minimum atomic E-state index is -0.576. The molecule has 6 nitrogen and oxygen atoms in total. The summed E-state index contributed by atoms with van der Waals surface area (Å²) in [5, 5.41) is 2.93. The quantitative estimate of drug-likeness (QED) is 0.539. The van der Waals surface area contributed by atoms with Crippen molar-refractivity contribution in [3.8, 4) is 0 Å². The number of hydrogen-bond donors (Lipinski definition) is 1. The number of benzene rings is 1. The molecule has 172 valence electrons. The van der Waals surface area contributed by atoms with E-state index in [9.17, 15) is 14.4 Å². The molecule has 0 unspecified atom stereocenters. The Morgan fingerprint density at radius 3 is 2.32 bits per heavy atom. The zero-order valence-corrected chi connectivity index (χ0v) is 20.1. The molecule has 0 bridgehead atoms. The first-order valence-corrected chi connectivity index (χ1v) is 11.2. The zero-order valence-electron chi connectivity index (χ0n) is 20.1. The second-order valence-corrected chi connectivity index (χ2v) is 10.6. The van der Waals surface area contributed by atoms with Crippen LogP contribution in [0.3, 0.4) is 0 Å². The van der Waals surface area contributed by atoms with Crippen LogP contribution in [0.2, 0.25) is 0 Å². The molecule has 0 spiro atoms. The molecule has 1 aliphatic heterocycles. The van der Waals surface area contributed by atoms with Gasteiger partial charge in [-0.15, -0.1) is 0 Å². The van der Waals surface area contributed by atoms with Crippen LogP contribution >= 0.6 is 0 Å². The summed E-state index contributed by atoms with van der Waals surface area (Å²) in [5.74, 6) is -0.605. The van der Waals surface area contributed by atoms with Crippen LogP contribution < -0.4 is 10.2 Å². The lowest BCUT2D eigenvalue weighted by Crippen LogP contribution is -2.45. The molecule has 2 rings (SSSR count). The lowest BCUT2D eigenvalue weighted by atomic mass is 9.96. The number of Topliss-reactive ketones (excluding diaryl/α,β-unsaturated/α-hetero) is 1. The number of ether oxygens (including phenoxy) is 1. The van der Waals surface area contributed by atoms with Crippen LogP contribution in [0.4, 0.5) is 5.69 Å². The number of anilines is 1. The highest BCUT2D eigenvalue weighted by Gasteiger charge is 2.33. The molecule has 1 aliphatic rings. The lowest BCUT2D eigenvalue weighted by molar-refractivity contribution is -0.156. The largest absolute Gasteiger partial charge is 0.458 e. The van der Waals surface area contributed by atoms with E-state index in [1.165, 1.54) is 6.92 Å². The van der Waals surface area contributed by atoms with Crippen LogP contribution in [-0.4, -0.2) is 42.4 Å². The third kappa shape index (κ3) is 7.37. The summed E-state index contributed by atoms with van der Waals surface area (Å²) in [5.41, 5.74) is 0.984. The Kier molecular flexibility index (Phi) is 7.90. The topological polar surface area (TPSA) is 75.7 Å². The van der Waals surface area contributed by atoms with E-state index in [0.717, 1.165) is 19.3 Å². The number of rotatable bonds is 5. The van der Waals surface area contributed by atoms with E-state index in [1.54, 1.807) is 18.2 Å². The van der Waals surface area contributed by atoms with Crippen molar-refractivity contribution in [3.05, 3.63) is 29.3 Å². The summed E-state index contributed by atoms with van der Waals surface area (Å²) < 4.78 is 5.68. The Hall–Kier alpha value is -2.37. The fourth-order valence-corrected chi connectivity index (χ4v) is 3.67. The van der Waals surface area contributed by atoms with Crippen LogP contribution in [0.1, 0.15) is 94.9 Å². The maximum absolute atomic E-state index is 13.0. The average Bonchev–Trinajstić information content (AvgIpc) is 2.89. The minimum Gasteiger partial charge on any atom is -0.458 e. The van der Waals surface area contributed by atoms with Gasteiger partial charge in [-0.05, 0) is 64.2 Å². The van der Waals surface area contributed by atoms with Crippen LogP contribution in [0.15, 0.2) is 18.2 Å². The third-order valence-electron chi connectivity index (χ3n) is 5.16. The fraction of sp³-hybridized carbons (Fsp3) is 0.640. The normalized spacial score (nSPS) is 17.6. The van der Waals surface area contributed by atoms with Crippen LogP contribution in [-0.2, 0) is 9.53 Å². The van der Waals surface area contributed by atoms with Gasteiger partial charge in [-0.25, -0.2) is 4.79 Å². The standard InChI is InChI=1S/C25H38N2O4/c1-17(28)19-15-18(22(29)26-16-24(2,3)4)12-13-20(19)27-14-10-8-9-11-21(27)23(30)31-25(5,6)7/h12-13,15,21H,8-11,14,16H2,1-7H3,(H,26,29)/t21-/m1/s1. The monoisotopic (exact) mass is 430 g/mol. The predicted molar refractivity (Wildman–Crippen MR) is 124 cm³/mol. The smallest absolute Gasteiger partial charge is 0.329 e. The average molecular weight is 431 g/mol. The first-order valence-electron chi connectivity index (χ1n) is 11.2. The highest BCUT2D eigenvalue weighted by atomic mass is 16.6. The molecule has 1 saturated heterocycles. The van der Waals surface area contributed by atoms with Crippen LogP contribution in [0.25, 0.3) is 0 Å². The first-order chi connectivity index (χ1) is 14.3. The van der Waals surface area contributed by atoms with Gasteiger partial charge in [0.05, 0.1) is 0 Å². The number of esters is 1. The summed E-state index contributed by atoms with van der Waals surface area (Å²) in [6.07, 6.45) is 3.58. The van der Waals surface area contributed by atoms with Crippen LogP contribution in [0, 0.1) is 5.41 Å². The van der Waals surface area contributed by atoms with Gasteiger partial charge in [0, 0.05) is 29.9 Å². The maximum atomic E-state index is 13.0. The van der Waals surface area contributed by atoms with Crippen molar-refractivity contribution < 1.29 is 19.1 Å². The molecule has 1 N–H and O–H groups in total. The fourth-order valence-electron chi connectivity index (χ4n) is 3.67. The minimum absolute atomic E-state index is 0.0360. The molecular formula is C25H38N2O4. The maximum Gasteiger partial charge on any atom is 0.329 e. The predicted octanol–water partition coefficient (Wildman–Crippen LogP) is 4.76. The van der Waals surface area contributed by atoms with E-state index >= 15 is 0 Å². The Balaban J connectivity index is 2.38. The molecule has 1 heterocycles. The van der Waals surface area contributed by atoms with E-state index < -0.39 is 11.6 Å². The Morgan fingerprint density at radius 2 is 1.74 bits per heavy atom. The van der Waals surface area contributed by atoms with E-state index in [0.29, 0.717) is 36.3 Å². The third-order valence-corrected chi connectivity index (χ3v) is 5.16. The van der Waals surface area contributed by atoms with E-state index in [-0.39, 0.29) is 23.1 Å². The van der Waals surface area contributed by atoms with Gasteiger partial charge in [-0.1, -0.05) is 33.6 Å². The summed E-state index contributed by atoms with van der Waals surface area (Å²) in [6.45, 7) is 14.4. The van der Waals surface area contributed by atoms with Crippen molar-refractivity contribution in [1.82, 2.24) is 5.32 Å². The summed E-state index contributed by atoms with van der Waals surface area (Å²) >= 11 is 0. The number of nitrogens with zero attached hydrogens (tertiary/aromatic N) is 1.